The van der Waals surface area contributed by atoms with Crippen LogP contribution in [0.3, 0.4) is 0 Å². The highest BCUT2D eigenvalue weighted by Crippen LogP contribution is 2.33. The predicted octanol–water partition coefficient (Wildman–Crippen LogP) is 4.13. The number of hydrogen-bond acceptors (Lipinski definition) is 6. The van der Waals surface area contributed by atoms with Crippen molar-refractivity contribution in [3.05, 3.63) is 71.3 Å². The van der Waals surface area contributed by atoms with Crippen molar-refractivity contribution in [3.8, 4) is 16.9 Å². The molecule has 2 aliphatic rings. The van der Waals surface area contributed by atoms with Gasteiger partial charge in [0.2, 0.25) is 10.0 Å². The quantitative estimate of drug-likeness (QED) is 0.506. The normalized spacial score (nSPS) is 22.2. The summed E-state index contributed by atoms with van der Waals surface area (Å²) in [4.78, 5) is 16.7. The summed E-state index contributed by atoms with van der Waals surface area (Å²) in [5, 5.41) is 4.97. The van der Waals surface area contributed by atoms with E-state index in [0.717, 1.165) is 23.9 Å². The second-order valence-corrected chi connectivity index (χ2v) is 12.4. The van der Waals surface area contributed by atoms with Crippen molar-refractivity contribution >= 4 is 38.9 Å². The maximum absolute atomic E-state index is 13.5. The van der Waals surface area contributed by atoms with Crippen molar-refractivity contribution in [1.82, 2.24) is 14.1 Å². The molecule has 1 saturated heterocycles. The van der Waals surface area contributed by atoms with E-state index in [0.29, 0.717) is 46.7 Å². The largest absolute Gasteiger partial charge is 0.378 e. The van der Waals surface area contributed by atoms with Crippen LogP contribution < -0.4 is 5.73 Å². The number of para-hydroxylation sites is 1. The first-order valence-electron chi connectivity index (χ1n) is 11.7. The van der Waals surface area contributed by atoms with Gasteiger partial charge in [-0.3, -0.25) is 4.79 Å². The molecule has 0 bridgehead atoms. The lowest BCUT2D eigenvalue weighted by molar-refractivity contribution is -0.113. The third-order valence-electron chi connectivity index (χ3n) is 6.27. The highest BCUT2D eigenvalue weighted by molar-refractivity contribution is 8.18. The Kier molecular flexibility index (Phi) is 6.59. The molecule has 0 radical (unpaired) electrons. The Morgan fingerprint density at radius 2 is 1.78 bits per heavy atom. The molecule has 0 saturated carbocycles. The van der Waals surface area contributed by atoms with Crippen LogP contribution in [-0.2, 0) is 14.8 Å². The van der Waals surface area contributed by atoms with Crippen LogP contribution in [-0.4, -0.2) is 46.7 Å². The van der Waals surface area contributed by atoms with Gasteiger partial charge < -0.3 is 5.73 Å². The third kappa shape index (κ3) is 4.88. The maximum atomic E-state index is 13.5. The van der Waals surface area contributed by atoms with Crippen molar-refractivity contribution in [2.45, 2.75) is 25.2 Å². The molecule has 2 atom stereocenters. The van der Waals surface area contributed by atoms with Crippen molar-refractivity contribution in [3.63, 3.8) is 0 Å². The third-order valence-corrected chi connectivity index (χ3v) is 8.91. The molecule has 0 spiro atoms. The van der Waals surface area contributed by atoms with Crippen molar-refractivity contribution in [1.29, 1.82) is 0 Å². The molecule has 5 rings (SSSR count). The molecule has 0 aliphatic carbocycles. The summed E-state index contributed by atoms with van der Waals surface area (Å²) < 4.78 is 30.4. The van der Waals surface area contributed by atoms with Gasteiger partial charge in [0.15, 0.2) is 5.17 Å². The Labute approximate surface area is 215 Å². The average molecular weight is 522 g/mol. The maximum Gasteiger partial charge on any atom is 0.286 e. The Bertz CT molecular complexity index is 1470. The van der Waals surface area contributed by atoms with Gasteiger partial charge in [-0.05, 0) is 60.4 Å². The predicted molar refractivity (Wildman–Crippen MR) is 143 cm³/mol. The molecule has 1 aromatic heterocycles. The second-order valence-electron chi connectivity index (χ2n) is 9.37. The molecule has 2 N–H and O–H groups in total. The highest BCUT2D eigenvalue weighted by Gasteiger charge is 2.32. The summed E-state index contributed by atoms with van der Waals surface area (Å²) >= 11 is 1.10. The smallest absolute Gasteiger partial charge is 0.286 e. The number of nitrogens with zero attached hydrogens (tertiary/aromatic N) is 4. The number of amidine groups is 1. The monoisotopic (exact) mass is 521 g/mol. The zero-order valence-corrected chi connectivity index (χ0v) is 21.7. The molecule has 2 aromatic carbocycles. The lowest BCUT2D eigenvalue weighted by Crippen LogP contribution is -2.42. The van der Waals surface area contributed by atoms with E-state index < -0.39 is 15.9 Å². The van der Waals surface area contributed by atoms with Crippen LogP contribution in [0.1, 0.15) is 25.8 Å². The van der Waals surface area contributed by atoms with Crippen molar-refractivity contribution in [2.24, 2.45) is 22.6 Å². The molecule has 3 heterocycles. The number of nitrogens with two attached hydrogens (primary N) is 1. The van der Waals surface area contributed by atoms with E-state index >= 15 is 0 Å². The number of hydrogen-bond donors (Lipinski definition) is 1. The number of benzene rings is 2. The molecular weight excluding hydrogens is 494 g/mol. The average Bonchev–Trinajstić information content (AvgIpc) is 3.41. The van der Waals surface area contributed by atoms with E-state index in [1.54, 1.807) is 33.3 Å². The molecule has 2 aliphatic heterocycles. The Morgan fingerprint density at radius 3 is 2.44 bits per heavy atom. The standard InChI is InChI=1S/C26H27N5O3S2/c1-17-11-18(2)15-30(14-17)36(33,34)22-10-6-7-19(12-22)24-20(13-23-25(32)28-26(27)35-23)16-31(29-24)21-8-4-3-5-9-21/h3-10,12-13,16-18H,11,14-15H2,1-2H3,(H2,27,28,32). The summed E-state index contributed by atoms with van der Waals surface area (Å²) in [6.45, 7) is 5.20. The minimum absolute atomic E-state index is 0.196. The van der Waals surface area contributed by atoms with Gasteiger partial charge in [0.05, 0.1) is 15.5 Å². The summed E-state index contributed by atoms with van der Waals surface area (Å²) in [6, 6.07) is 16.4. The van der Waals surface area contributed by atoms with Crippen LogP contribution in [0.2, 0.25) is 0 Å². The van der Waals surface area contributed by atoms with Crippen LogP contribution >= 0.6 is 11.8 Å². The van der Waals surface area contributed by atoms with E-state index in [2.05, 4.69) is 18.8 Å². The number of amides is 1. The van der Waals surface area contributed by atoms with E-state index in [1.807, 2.05) is 42.6 Å². The fourth-order valence-electron chi connectivity index (χ4n) is 4.75. The van der Waals surface area contributed by atoms with Crippen LogP contribution in [0, 0.1) is 11.8 Å². The van der Waals surface area contributed by atoms with Gasteiger partial charge in [0.1, 0.15) is 5.69 Å². The van der Waals surface area contributed by atoms with Crippen LogP contribution in [0.4, 0.5) is 0 Å². The number of sulfonamides is 1. The Balaban J connectivity index is 1.58. The fraction of sp³-hybridized carbons (Fsp3) is 0.269. The molecule has 1 fully saturated rings. The van der Waals surface area contributed by atoms with Crippen molar-refractivity contribution in [2.75, 3.05) is 13.1 Å². The topological polar surface area (TPSA) is 111 Å². The molecule has 8 nitrogen and oxygen atoms in total. The number of aliphatic imine (C=N–C) groups is 1. The number of carbonyl (C=O) groups excluding carboxylic acids is 1. The van der Waals surface area contributed by atoms with Gasteiger partial charge >= 0.3 is 0 Å². The van der Waals surface area contributed by atoms with Gasteiger partial charge in [0.25, 0.3) is 5.91 Å². The molecule has 3 aromatic rings. The summed E-state index contributed by atoms with van der Waals surface area (Å²) in [5.41, 5.74) is 8.43. The van der Waals surface area contributed by atoms with Crippen LogP contribution in [0.15, 0.2) is 75.6 Å². The summed E-state index contributed by atoms with van der Waals surface area (Å²) in [7, 11) is -3.66. The molecule has 10 heteroatoms. The van der Waals surface area contributed by atoms with E-state index in [1.165, 1.54) is 0 Å². The van der Waals surface area contributed by atoms with Gasteiger partial charge in [-0.15, -0.1) is 0 Å². The number of piperidine rings is 1. The van der Waals surface area contributed by atoms with Crippen molar-refractivity contribution < 1.29 is 13.2 Å². The number of thioether (sulfide) groups is 1. The van der Waals surface area contributed by atoms with E-state index in [-0.39, 0.29) is 10.1 Å². The zero-order valence-electron chi connectivity index (χ0n) is 20.0. The Morgan fingerprint density at radius 1 is 1.06 bits per heavy atom. The summed E-state index contributed by atoms with van der Waals surface area (Å²) in [6.07, 6.45) is 4.54. The number of rotatable bonds is 5. The number of carbonyl (C=O) groups is 1. The first kappa shape index (κ1) is 24.5. The van der Waals surface area contributed by atoms with Gasteiger partial charge in [-0.1, -0.05) is 44.2 Å². The lowest BCUT2D eigenvalue weighted by atomic mass is 9.94. The lowest BCUT2D eigenvalue weighted by Gasteiger charge is -2.34. The summed E-state index contributed by atoms with van der Waals surface area (Å²) in [5.74, 6) is 0.214. The molecule has 36 heavy (non-hydrogen) atoms. The fourth-order valence-corrected chi connectivity index (χ4v) is 7.15. The molecular formula is C26H27N5O3S2. The second kappa shape index (κ2) is 9.68. The first-order valence-corrected chi connectivity index (χ1v) is 14.0. The molecule has 2 unspecified atom stereocenters. The molecule has 186 valence electrons. The highest BCUT2D eigenvalue weighted by atomic mass is 32.2. The van der Waals surface area contributed by atoms with Gasteiger partial charge in [0, 0.05) is 30.4 Å². The first-order chi connectivity index (χ1) is 17.2. The number of aromatic nitrogens is 2. The van der Waals surface area contributed by atoms with Crippen LogP contribution in [0.25, 0.3) is 23.0 Å². The van der Waals surface area contributed by atoms with Crippen LogP contribution in [0.5, 0.6) is 0 Å². The minimum atomic E-state index is -3.66. The minimum Gasteiger partial charge on any atom is -0.378 e. The van der Waals surface area contributed by atoms with Gasteiger partial charge in [-0.2, -0.15) is 14.4 Å². The zero-order chi connectivity index (χ0) is 25.4. The Hall–Kier alpha value is -3.21. The van der Waals surface area contributed by atoms with E-state index in [9.17, 15) is 13.2 Å². The van der Waals surface area contributed by atoms with Gasteiger partial charge in [-0.25, -0.2) is 13.1 Å². The molecule has 1 amide bonds. The van der Waals surface area contributed by atoms with E-state index in [4.69, 9.17) is 10.8 Å². The SMILES string of the molecule is CC1CC(C)CN(S(=O)(=O)c2cccc(-c3nn(-c4ccccc4)cc3C=C3SC(N)=NC3=O)c2)C1.